The monoisotopic (exact) mass is 435 g/mol. The molecule has 0 radical (unpaired) electrons. The van der Waals surface area contributed by atoms with Crippen molar-refractivity contribution in [3.8, 4) is 5.69 Å². The number of carbonyl (C=O) groups excluding carboxylic acids is 1. The Labute approximate surface area is 180 Å². The predicted molar refractivity (Wildman–Crippen MR) is 120 cm³/mol. The van der Waals surface area contributed by atoms with Gasteiger partial charge in [0.15, 0.2) is 10.9 Å². The molecular formula is C21H17N5O4S. The number of nitrogens with one attached hydrogen (secondary N) is 1. The number of amidine groups is 1. The largest absolute Gasteiger partial charge is 0.300 e. The van der Waals surface area contributed by atoms with Crippen LogP contribution in [0.15, 0.2) is 69.3 Å². The zero-order valence-corrected chi connectivity index (χ0v) is 17.4. The van der Waals surface area contributed by atoms with Crippen LogP contribution < -0.4 is 10.9 Å². The maximum atomic E-state index is 13.0. The van der Waals surface area contributed by atoms with Crippen LogP contribution in [0.5, 0.6) is 0 Å². The van der Waals surface area contributed by atoms with Crippen LogP contribution in [0.25, 0.3) is 11.8 Å². The number of thioether (sulfide) groups is 1. The fourth-order valence-electron chi connectivity index (χ4n) is 3.14. The van der Waals surface area contributed by atoms with E-state index in [1.54, 1.807) is 36.9 Å². The number of aliphatic imine (C=N–C) groups is 1. The van der Waals surface area contributed by atoms with Crippen molar-refractivity contribution in [3.05, 3.63) is 91.2 Å². The van der Waals surface area contributed by atoms with Gasteiger partial charge in [-0.3, -0.25) is 24.4 Å². The summed E-state index contributed by atoms with van der Waals surface area (Å²) in [5.41, 5.74) is 1.74. The molecule has 1 aliphatic heterocycles. The van der Waals surface area contributed by atoms with Crippen LogP contribution in [0.1, 0.15) is 11.3 Å². The van der Waals surface area contributed by atoms with Gasteiger partial charge in [0.25, 0.3) is 17.2 Å². The molecule has 1 fully saturated rings. The summed E-state index contributed by atoms with van der Waals surface area (Å²) in [6.07, 6.45) is 1.55. The normalized spacial score (nSPS) is 16.1. The second kappa shape index (κ2) is 8.07. The lowest BCUT2D eigenvalue weighted by Gasteiger charge is -2.07. The van der Waals surface area contributed by atoms with Gasteiger partial charge in [-0.1, -0.05) is 30.3 Å². The van der Waals surface area contributed by atoms with Crippen molar-refractivity contribution in [1.29, 1.82) is 0 Å². The van der Waals surface area contributed by atoms with E-state index in [0.29, 0.717) is 21.8 Å². The standard InChI is InChI=1S/C21H17N5O4S/c1-13-18(20(28)25(24(13)2)15-8-4-3-5-9-15)22-21-23-19(27)17(31-21)12-14-7-6-10-16(11-14)26(29)30/h3-12H,1-2H3,(H,22,23,27). The number of benzene rings is 2. The highest BCUT2D eigenvalue weighted by atomic mass is 32.2. The molecule has 1 N–H and O–H groups in total. The Balaban J connectivity index is 1.67. The number of rotatable bonds is 4. The minimum atomic E-state index is -0.493. The van der Waals surface area contributed by atoms with Crippen molar-refractivity contribution in [1.82, 2.24) is 14.7 Å². The molecule has 1 saturated heterocycles. The maximum Gasteiger partial charge on any atom is 0.297 e. The van der Waals surface area contributed by atoms with Gasteiger partial charge in [-0.15, -0.1) is 0 Å². The lowest BCUT2D eigenvalue weighted by atomic mass is 10.2. The molecule has 4 rings (SSSR count). The van der Waals surface area contributed by atoms with Crippen molar-refractivity contribution in [2.24, 2.45) is 12.0 Å². The number of non-ortho nitro benzene ring substituents is 1. The third-order valence-corrected chi connectivity index (χ3v) is 5.68. The average Bonchev–Trinajstić information content (AvgIpc) is 3.20. The molecule has 9 nitrogen and oxygen atoms in total. The summed E-state index contributed by atoms with van der Waals surface area (Å²) in [5.74, 6) is -0.382. The molecular weight excluding hydrogens is 418 g/mol. The number of hydrogen-bond acceptors (Lipinski definition) is 6. The van der Waals surface area contributed by atoms with Gasteiger partial charge >= 0.3 is 0 Å². The molecule has 0 aliphatic carbocycles. The third-order valence-electron chi connectivity index (χ3n) is 4.77. The molecule has 0 bridgehead atoms. The molecule has 1 aliphatic rings. The van der Waals surface area contributed by atoms with E-state index < -0.39 is 4.92 Å². The zero-order chi connectivity index (χ0) is 22.1. The Morgan fingerprint density at radius 2 is 1.87 bits per heavy atom. The summed E-state index contributed by atoms with van der Waals surface area (Å²) in [6, 6.07) is 15.2. The highest BCUT2D eigenvalue weighted by Crippen LogP contribution is 2.29. The minimum absolute atomic E-state index is 0.0620. The Morgan fingerprint density at radius 3 is 2.58 bits per heavy atom. The second-order valence-electron chi connectivity index (χ2n) is 6.74. The molecule has 31 heavy (non-hydrogen) atoms. The van der Waals surface area contributed by atoms with E-state index in [0.717, 1.165) is 11.8 Å². The lowest BCUT2D eigenvalue weighted by Crippen LogP contribution is -2.21. The summed E-state index contributed by atoms with van der Waals surface area (Å²) in [5, 5.41) is 13.9. The van der Waals surface area contributed by atoms with Gasteiger partial charge in [-0.05, 0) is 42.5 Å². The Hall–Kier alpha value is -3.92. The topological polar surface area (TPSA) is 112 Å². The molecule has 0 atom stereocenters. The van der Waals surface area contributed by atoms with E-state index in [1.807, 2.05) is 30.3 Å². The van der Waals surface area contributed by atoms with Gasteiger partial charge in [0.2, 0.25) is 0 Å². The summed E-state index contributed by atoms with van der Waals surface area (Å²) in [7, 11) is 1.77. The number of nitro groups is 1. The Bertz CT molecular complexity index is 1320. The van der Waals surface area contributed by atoms with Gasteiger partial charge in [0.1, 0.15) is 0 Å². The van der Waals surface area contributed by atoms with Crippen LogP contribution in [0.2, 0.25) is 0 Å². The molecule has 0 saturated carbocycles. The van der Waals surface area contributed by atoms with E-state index in [1.165, 1.54) is 16.8 Å². The number of para-hydroxylation sites is 1. The van der Waals surface area contributed by atoms with E-state index >= 15 is 0 Å². The fourth-order valence-corrected chi connectivity index (χ4v) is 3.97. The molecule has 1 aromatic heterocycles. The molecule has 3 aromatic rings. The quantitative estimate of drug-likeness (QED) is 0.384. The van der Waals surface area contributed by atoms with Gasteiger partial charge in [-0.25, -0.2) is 9.67 Å². The number of carbonyl (C=O) groups is 1. The van der Waals surface area contributed by atoms with Gasteiger partial charge in [0, 0.05) is 19.2 Å². The summed E-state index contributed by atoms with van der Waals surface area (Å²) in [6.45, 7) is 1.78. The smallest absolute Gasteiger partial charge is 0.297 e. The highest BCUT2D eigenvalue weighted by Gasteiger charge is 2.26. The SMILES string of the molecule is Cc1c(N=C2NC(=O)C(=Cc3cccc([N+](=O)[O-])c3)S2)c(=O)n(-c2ccccc2)n1C. The summed E-state index contributed by atoms with van der Waals surface area (Å²) >= 11 is 1.07. The number of aromatic nitrogens is 2. The molecule has 1 amide bonds. The first-order valence-corrected chi connectivity index (χ1v) is 10.0. The summed E-state index contributed by atoms with van der Waals surface area (Å²) in [4.78, 5) is 40.5. The van der Waals surface area contributed by atoms with Crippen LogP contribution in [-0.2, 0) is 11.8 Å². The molecule has 2 heterocycles. The molecule has 0 unspecified atom stereocenters. The molecule has 156 valence electrons. The summed E-state index contributed by atoms with van der Waals surface area (Å²) < 4.78 is 3.22. The van der Waals surface area contributed by atoms with Crippen LogP contribution in [0, 0.1) is 17.0 Å². The van der Waals surface area contributed by atoms with Crippen LogP contribution in [0.4, 0.5) is 11.4 Å². The van der Waals surface area contributed by atoms with Crippen molar-refractivity contribution in [2.75, 3.05) is 0 Å². The zero-order valence-electron chi connectivity index (χ0n) is 16.6. The molecule has 2 aromatic carbocycles. The highest BCUT2D eigenvalue weighted by molar-refractivity contribution is 8.18. The fraction of sp³-hybridized carbons (Fsp3) is 0.0952. The average molecular weight is 435 g/mol. The van der Waals surface area contributed by atoms with Crippen molar-refractivity contribution >= 4 is 40.3 Å². The van der Waals surface area contributed by atoms with Crippen LogP contribution in [-0.4, -0.2) is 25.4 Å². The second-order valence-corrected chi connectivity index (χ2v) is 7.77. The van der Waals surface area contributed by atoms with E-state index in [9.17, 15) is 19.7 Å². The van der Waals surface area contributed by atoms with E-state index in [4.69, 9.17) is 0 Å². The third kappa shape index (κ3) is 3.92. The van der Waals surface area contributed by atoms with Gasteiger partial charge in [-0.2, -0.15) is 0 Å². The minimum Gasteiger partial charge on any atom is -0.300 e. The molecule has 10 heteroatoms. The first-order chi connectivity index (χ1) is 14.8. The van der Waals surface area contributed by atoms with Crippen LogP contribution >= 0.6 is 11.8 Å². The Morgan fingerprint density at radius 1 is 1.13 bits per heavy atom. The number of amides is 1. The van der Waals surface area contributed by atoms with Gasteiger partial charge in [0.05, 0.1) is 21.2 Å². The molecule has 0 spiro atoms. The lowest BCUT2D eigenvalue weighted by molar-refractivity contribution is -0.384. The van der Waals surface area contributed by atoms with Crippen molar-refractivity contribution in [3.63, 3.8) is 0 Å². The predicted octanol–water partition coefficient (Wildman–Crippen LogP) is 3.28. The number of nitrogens with zero attached hydrogens (tertiary/aromatic N) is 4. The van der Waals surface area contributed by atoms with E-state index in [-0.39, 0.29) is 28.0 Å². The number of nitro benzene ring substituents is 1. The first-order valence-electron chi connectivity index (χ1n) is 9.23. The van der Waals surface area contributed by atoms with Crippen molar-refractivity contribution < 1.29 is 9.72 Å². The Kier molecular flexibility index (Phi) is 5.30. The first kappa shape index (κ1) is 20.4. The van der Waals surface area contributed by atoms with Gasteiger partial charge < -0.3 is 5.32 Å². The van der Waals surface area contributed by atoms with E-state index in [2.05, 4.69) is 10.3 Å². The maximum absolute atomic E-state index is 13.0. The van der Waals surface area contributed by atoms with Crippen LogP contribution in [0.3, 0.4) is 0 Å². The van der Waals surface area contributed by atoms with Crippen molar-refractivity contribution in [2.45, 2.75) is 6.92 Å². The number of hydrogen-bond donors (Lipinski definition) is 1.